The van der Waals surface area contributed by atoms with E-state index in [2.05, 4.69) is 44.7 Å². The minimum atomic E-state index is 0. The van der Waals surface area contributed by atoms with Crippen molar-refractivity contribution in [3.05, 3.63) is 134 Å². The molecule has 0 aliphatic carbocycles. The molecule has 43 heavy (non-hydrogen) atoms. The summed E-state index contributed by atoms with van der Waals surface area (Å²) >= 11 is 0. The van der Waals surface area contributed by atoms with E-state index in [1.807, 2.05) is 72.8 Å². The summed E-state index contributed by atoms with van der Waals surface area (Å²) in [6.45, 7) is 9.58. The van der Waals surface area contributed by atoms with Crippen LogP contribution in [0.25, 0.3) is 11.1 Å². The van der Waals surface area contributed by atoms with E-state index in [4.69, 9.17) is 11.6 Å². The molecule has 13 heteroatoms. The number of aliphatic imine (C=N–C) groups is 1. The molecule has 3 aromatic rings. The topological polar surface area (TPSA) is 155 Å². The third-order valence-electron chi connectivity index (χ3n) is 5.65. The van der Waals surface area contributed by atoms with Gasteiger partial charge in [-0.15, -0.1) is 17.5 Å². The van der Waals surface area contributed by atoms with Crippen LogP contribution in [0.3, 0.4) is 0 Å². The third kappa shape index (κ3) is 12.0. The zero-order chi connectivity index (χ0) is 30.4. The van der Waals surface area contributed by atoms with Gasteiger partial charge in [0.05, 0.1) is 0 Å². The van der Waals surface area contributed by atoms with Crippen molar-refractivity contribution in [1.29, 1.82) is 0 Å². The van der Waals surface area contributed by atoms with E-state index >= 15 is 0 Å². The Kier molecular flexibility index (Phi) is 17.4. The predicted molar refractivity (Wildman–Crippen MR) is 172 cm³/mol. The van der Waals surface area contributed by atoms with Crippen LogP contribution in [-0.4, -0.2) is 53.0 Å². The van der Waals surface area contributed by atoms with Crippen molar-refractivity contribution in [3.8, 4) is 0 Å². The van der Waals surface area contributed by atoms with Crippen molar-refractivity contribution in [2.24, 2.45) is 37.7 Å². The average Bonchev–Trinajstić information content (AvgIpc) is 3.69. The third-order valence-corrected chi connectivity index (χ3v) is 5.65. The molecule has 0 amide bonds. The molecule has 0 aliphatic heterocycles. The summed E-state index contributed by atoms with van der Waals surface area (Å²) in [5.41, 5.74) is 11.1. The smallest absolute Gasteiger partial charge is 0.158 e. The van der Waals surface area contributed by atoms with E-state index < -0.39 is 0 Å². The maximum atomic E-state index is 9.88. The van der Waals surface area contributed by atoms with Gasteiger partial charge in [-0.2, -0.15) is 0 Å². The van der Waals surface area contributed by atoms with E-state index in [0.717, 1.165) is 17.2 Å². The van der Waals surface area contributed by atoms with Crippen molar-refractivity contribution < 1.29 is 19.8 Å². The van der Waals surface area contributed by atoms with Crippen LogP contribution in [0.1, 0.15) is 30.8 Å². The Morgan fingerprint density at radius 1 is 1.07 bits per heavy atom. The van der Waals surface area contributed by atoms with Gasteiger partial charge >= 0.3 is 0 Å². The summed E-state index contributed by atoms with van der Waals surface area (Å²) < 4.78 is 5.38. The first-order chi connectivity index (χ1) is 19.6. The molecule has 3 heterocycles. The van der Waals surface area contributed by atoms with Gasteiger partial charge in [-0.3, -0.25) is 15.8 Å². The second-order valence-electron chi connectivity index (χ2n) is 8.76. The molecule has 232 valence electrons. The number of nitrogens with one attached hydrogen (secondary N) is 1. The number of nitrogens with zero attached hydrogens (tertiary/aromatic N) is 9. The van der Waals surface area contributed by atoms with Crippen molar-refractivity contribution in [2.45, 2.75) is 13.3 Å². The summed E-state index contributed by atoms with van der Waals surface area (Å²) in [4.78, 5) is 18.3. The fourth-order valence-corrected chi connectivity index (χ4v) is 3.33. The SMILES string of the molecule is C=N/C(=C\C(=C/CC(=C)N(C)/C=C\C)NN)c1nccn1C.Cn1ccnc1[C-]=C/C(N)=C\C(=[N-])c1nccn1C.[CH3-].[Os]. The Morgan fingerprint density at radius 3 is 2.14 bits per heavy atom. The van der Waals surface area contributed by atoms with E-state index in [1.165, 1.54) is 6.08 Å². The molecule has 0 spiro atoms. The predicted octanol–water partition coefficient (Wildman–Crippen LogP) is 3.39. The molecule has 0 aliphatic rings. The second kappa shape index (κ2) is 19.5. The Bertz CT molecular complexity index is 1480. The van der Waals surface area contributed by atoms with E-state index in [1.54, 1.807) is 48.6 Å². The number of aryl methyl sites for hydroxylation is 3. The fourth-order valence-electron chi connectivity index (χ4n) is 3.33. The summed E-state index contributed by atoms with van der Waals surface area (Å²) in [7, 11) is 7.50. The van der Waals surface area contributed by atoms with Crippen molar-refractivity contribution >= 4 is 18.1 Å². The van der Waals surface area contributed by atoms with Crippen LogP contribution in [0.2, 0.25) is 0 Å². The minimum Gasteiger partial charge on any atom is -0.802 e. The standard InChI is InChI=1S/C16H24N6.C13H14N6.CH3.Os/c1-6-10-21(4)13(2)7-8-14(20-17)12-15(18-3)16-19-9-11-22(16)5;1-18-7-5-16-12(18)4-3-10(14)9-11(15)13-17-6-8-19(13)2;;/h6,8-12,20H,2-3,7,17H2,1,4-5H3;3,5-9H,14H2,1-2H3;1H3;/q;-2;-1;/b10-6-,14-8+,15-12-;10-9+;;. The second-order valence-corrected chi connectivity index (χ2v) is 8.76. The number of allylic oxidation sites excluding steroid dienone is 5. The molecule has 0 fully saturated rings. The molecule has 3 aromatic heterocycles. The molecule has 5 N–H and O–H groups in total. The van der Waals surface area contributed by atoms with Gasteiger partial charge in [0.25, 0.3) is 0 Å². The number of nitrogens with two attached hydrogens (primary N) is 2. The van der Waals surface area contributed by atoms with Crippen LogP contribution >= 0.6 is 0 Å². The van der Waals surface area contributed by atoms with Gasteiger partial charge in [-0.25, -0.2) is 22.1 Å². The Morgan fingerprint density at radius 2 is 1.65 bits per heavy atom. The number of hydrogen-bond acceptors (Lipinski definition) is 8. The molecule has 0 saturated carbocycles. The number of rotatable bonds is 12. The fraction of sp³-hybridized carbons (Fsp3) is 0.200. The van der Waals surface area contributed by atoms with Crippen molar-refractivity contribution in [3.63, 3.8) is 0 Å². The van der Waals surface area contributed by atoms with E-state index in [-0.39, 0.29) is 32.9 Å². The number of hydrazine groups is 1. The first-order valence-corrected chi connectivity index (χ1v) is 12.5. The molecule has 0 aromatic carbocycles. The maximum Gasteiger partial charge on any atom is 0.158 e. The van der Waals surface area contributed by atoms with Gasteiger partial charge in [0, 0.05) is 109 Å². The zero-order valence-corrected chi connectivity index (χ0v) is 28.1. The molecule has 0 saturated heterocycles. The Balaban J connectivity index is 0.000000790. The summed E-state index contributed by atoms with van der Waals surface area (Å²) in [5.74, 6) is 7.41. The maximum absolute atomic E-state index is 9.88. The first-order valence-electron chi connectivity index (χ1n) is 12.5. The quantitative estimate of drug-likeness (QED) is 0.0841. The van der Waals surface area contributed by atoms with Gasteiger partial charge in [0.1, 0.15) is 11.5 Å². The number of aromatic nitrogens is 6. The van der Waals surface area contributed by atoms with Crippen LogP contribution in [0.15, 0.2) is 102 Å². The number of imidazole rings is 3. The van der Waals surface area contributed by atoms with Gasteiger partial charge in [-0.1, -0.05) is 18.7 Å². The molecule has 0 atom stereocenters. The Labute approximate surface area is 268 Å². The summed E-state index contributed by atoms with van der Waals surface area (Å²) in [6.07, 6.45) is 24.6. The minimum absolute atomic E-state index is 0. The van der Waals surface area contributed by atoms with Gasteiger partial charge in [0.2, 0.25) is 0 Å². The van der Waals surface area contributed by atoms with Crippen molar-refractivity contribution in [1.82, 2.24) is 39.0 Å². The van der Waals surface area contributed by atoms with Crippen LogP contribution in [0.5, 0.6) is 0 Å². The van der Waals surface area contributed by atoms with Gasteiger partial charge in [0.15, 0.2) is 5.82 Å². The molecule has 12 nitrogen and oxygen atoms in total. The molecule has 3 rings (SSSR count). The molecular weight excluding hydrogens is 719 g/mol. The van der Waals surface area contributed by atoms with Crippen LogP contribution in [0.4, 0.5) is 0 Å². The number of hydrogen-bond donors (Lipinski definition) is 3. The Hall–Kier alpha value is -4.59. The summed E-state index contributed by atoms with van der Waals surface area (Å²) in [5, 5.41) is 9.88. The normalized spacial score (nSPS) is 11.8. The molecular formula is C30H41N12Os-3. The average molecular weight is 760 g/mol. The van der Waals surface area contributed by atoms with Crippen LogP contribution < -0.4 is 17.0 Å². The van der Waals surface area contributed by atoms with E-state index in [9.17, 15) is 5.41 Å². The first kappa shape index (κ1) is 38.4. The molecule has 0 bridgehead atoms. The van der Waals surface area contributed by atoms with Crippen LogP contribution in [0, 0.1) is 13.5 Å². The van der Waals surface area contributed by atoms with E-state index in [0.29, 0.717) is 29.5 Å². The monoisotopic (exact) mass is 761 g/mol. The largest absolute Gasteiger partial charge is 0.802 e. The summed E-state index contributed by atoms with van der Waals surface area (Å²) in [6, 6.07) is 0. The van der Waals surface area contributed by atoms with Crippen LogP contribution in [-0.2, 0) is 40.9 Å². The molecule has 0 radical (unpaired) electrons. The van der Waals surface area contributed by atoms with Gasteiger partial charge in [-0.05, 0) is 25.9 Å². The zero-order valence-electron chi connectivity index (χ0n) is 25.6. The van der Waals surface area contributed by atoms with Crippen molar-refractivity contribution in [2.75, 3.05) is 7.05 Å². The molecule has 0 unspecified atom stereocenters. The van der Waals surface area contributed by atoms with Gasteiger partial charge < -0.3 is 42.6 Å².